The van der Waals surface area contributed by atoms with Crippen LogP contribution in [-0.4, -0.2) is 11.1 Å². The average Bonchev–Trinajstić information content (AvgIpc) is 2.47. The number of rotatable bonds is 4. The Bertz CT molecular complexity index is 752. The molecule has 2 heteroatoms. The van der Waals surface area contributed by atoms with Gasteiger partial charge in [0, 0.05) is 0 Å². The fourth-order valence-electron chi connectivity index (χ4n) is 3.37. The molecule has 0 spiro atoms. The zero-order valence-electron chi connectivity index (χ0n) is 15.9. The topological polar surface area (TPSA) is 37.3 Å². The van der Waals surface area contributed by atoms with Crippen LogP contribution < -0.4 is 0 Å². The monoisotopic (exact) mass is 324 g/mol. The van der Waals surface area contributed by atoms with Crippen molar-refractivity contribution in [1.29, 1.82) is 0 Å². The second-order valence-electron chi connectivity index (χ2n) is 7.69. The van der Waals surface area contributed by atoms with Crippen molar-refractivity contribution in [2.75, 3.05) is 0 Å². The SMILES string of the molecule is Cc1cc(C(C)(C)Cc2c(C)cc(C(=O)O)cc2C)cc(C)c1C. The van der Waals surface area contributed by atoms with Crippen molar-refractivity contribution in [2.45, 2.75) is 60.3 Å². The summed E-state index contributed by atoms with van der Waals surface area (Å²) >= 11 is 0. The van der Waals surface area contributed by atoms with E-state index in [1.807, 2.05) is 13.8 Å². The minimum Gasteiger partial charge on any atom is -0.478 e. The van der Waals surface area contributed by atoms with Crippen molar-refractivity contribution in [1.82, 2.24) is 0 Å². The molecule has 1 N–H and O–H groups in total. The molecule has 2 rings (SSSR count). The first-order valence-electron chi connectivity index (χ1n) is 8.44. The molecule has 0 bridgehead atoms. The highest BCUT2D eigenvalue weighted by Gasteiger charge is 2.24. The Labute approximate surface area is 145 Å². The highest BCUT2D eigenvalue weighted by atomic mass is 16.4. The van der Waals surface area contributed by atoms with Gasteiger partial charge in [0.2, 0.25) is 0 Å². The molecule has 24 heavy (non-hydrogen) atoms. The minimum atomic E-state index is -0.864. The standard InChI is InChI=1S/C22H28O2/c1-13-10-19(11-14(2)17(13)5)22(6,7)12-20-15(3)8-18(21(23)24)9-16(20)4/h8-11H,12H2,1-7H3,(H,23,24). The van der Waals surface area contributed by atoms with E-state index in [4.69, 9.17) is 0 Å². The normalized spacial score (nSPS) is 11.6. The Kier molecular flexibility index (Phi) is 4.89. The maximum absolute atomic E-state index is 11.2. The zero-order valence-corrected chi connectivity index (χ0v) is 15.9. The van der Waals surface area contributed by atoms with Crippen LogP contribution in [0.25, 0.3) is 0 Å². The van der Waals surface area contributed by atoms with Crippen molar-refractivity contribution in [2.24, 2.45) is 0 Å². The van der Waals surface area contributed by atoms with Crippen molar-refractivity contribution in [3.63, 3.8) is 0 Å². The predicted octanol–water partition coefficient (Wildman–Crippen LogP) is 5.45. The Balaban J connectivity index is 2.45. The molecule has 0 aliphatic carbocycles. The van der Waals surface area contributed by atoms with Gasteiger partial charge >= 0.3 is 5.97 Å². The first kappa shape index (κ1) is 18.3. The summed E-state index contributed by atoms with van der Waals surface area (Å²) in [7, 11) is 0. The molecule has 0 saturated heterocycles. The van der Waals surface area contributed by atoms with Crippen LogP contribution in [0.4, 0.5) is 0 Å². The zero-order chi connectivity index (χ0) is 18.2. The van der Waals surface area contributed by atoms with E-state index in [1.54, 1.807) is 12.1 Å². The highest BCUT2D eigenvalue weighted by molar-refractivity contribution is 5.88. The van der Waals surface area contributed by atoms with Crippen LogP contribution in [0.2, 0.25) is 0 Å². The van der Waals surface area contributed by atoms with Gasteiger partial charge in [-0.05, 0) is 97.5 Å². The van der Waals surface area contributed by atoms with Gasteiger partial charge in [0.25, 0.3) is 0 Å². The van der Waals surface area contributed by atoms with E-state index in [0.29, 0.717) is 5.56 Å². The van der Waals surface area contributed by atoms with E-state index in [9.17, 15) is 9.90 Å². The summed E-state index contributed by atoms with van der Waals surface area (Å²) < 4.78 is 0. The van der Waals surface area contributed by atoms with Gasteiger partial charge in [0.15, 0.2) is 0 Å². The largest absolute Gasteiger partial charge is 0.478 e. The lowest BCUT2D eigenvalue weighted by molar-refractivity contribution is 0.0696. The molecule has 0 saturated carbocycles. The third-order valence-corrected chi connectivity index (χ3v) is 5.27. The van der Waals surface area contributed by atoms with E-state index in [0.717, 1.165) is 17.5 Å². The van der Waals surface area contributed by atoms with Crippen LogP contribution in [0.3, 0.4) is 0 Å². The van der Waals surface area contributed by atoms with E-state index in [1.165, 1.54) is 27.8 Å². The summed E-state index contributed by atoms with van der Waals surface area (Å²) in [5, 5.41) is 9.22. The van der Waals surface area contributed by atoms with Gasteiger partial charge in [-0.3, -0.25) is 0 Å². The van der Waals surface area contributed by atoms with E-state index in [-0.39, 0.29) is 5.41 Å². The summed E-state index contributed by atoms with van der Waals surface area (Å²) in [5.41, 5.74) is 9.07. The van der Waals surface area contributed by atoms with Crippen molar-refractivity contribution < 1.29 is 9.90 Å². The minimum absolute atomic E-state index is 0.0104. The van der Waals surface area contributed by atoms with Crippen LogP contribution >= 0.6 is 0 Å². The number of benzene rings is 2. The summed E-state index contributed by atoms with van der Waals surface area (Å²) in [6, 6.07) is 8.15. The molecule has 0 heterocycles. The maximum atomic E-state index is 11.2. The molecule has 2 nitrogen and oxygen atoms in total. The van der Waals surface area contributed by atoms with E-state index < -0.39 is 5.97 Å². The summed E-state index contributed by atoms with van der Waals surface area (Å²) in [6.45, 7) is 15.1. The molecule has 0 fully saturated rings. The van der Waals surface area contributed by atoms with E-state index >= 15 is 0 Å². The molecule has 0 amide bonds. The number of carboxylic acids is 1. The van der Waals surface area contributed by atoms with Crippen LogP contribution in [0, 0.1) is 34.6 Å². The molecule has 128 valence electrons. The summed E-state index contributed by atoms with van der Waals surface area (Å²) in [6.07, 6.45) is 0.895. The molecule has 0 aliphatic heterocycles. The van der Waals surface area contributed by atoms with Crippen molar-refractivity contribution >= 4 is 5.97 Å². The van der Waals surface area contributed by atoms with Gasteiger partial charge < -0.3 is 5.11 Å². The third kappa shape index (κ3) is 3.53. The van der Waals surface area contributed by atoms with Crippen molar-refractivity contribution in [3.05, 3.63) is 68.8 Å². The molecule has 0 unspecified atom stereocenters. The van der Waals surface area contributed by atoms with Crippen LogP contribution in [-0.2, 0) is 11.8 Å². The Morgan fingerprint density at radius 3 is 1.75 bits per heavy atom. The second kappa shape index (κ2) is 6.43. The molecule has 0 aliphatic rings. The van der Waals surface area contributed by atoms with Crippen molar-refractivity contribution in [3.8, 4) is 0 Å². The van der Waals surface area contributed by atoms with Gasteiger partial charge in [-0.1, -0.05) is 26.0 Å². The van der Waals surface area contributed by atoms with Gasteiger partial charge in [-0.15, -0.1) is 0 Å². The number of hydrogen-bond acceptors (Lipinski definition) is 1. The average molecular weight is 324 g/mol. The van der Waals surface area contributed by atoms with Crippen LogP contribution in [0.1, 0.15) is 63.1 Å². The number of aryl methyl sites for hydroxylation is 4. The predicted molar refractivity (Wildman–Crippen MR) is 100 cm³/mol. The lowest BCUT2D eigenvalue weighted by atomic mass is 9.76. The third-order valence-electron chi connectivity index (χ3n) is 5.27. The van der Waals surface area contributed by atoms with Crippen LogP contribution in [0.5, 0.6) is 0 Å². The first-order chi connectivity index (χ1) is 11.0. The molecule has 0 aromatic heterocycles. The quantitative estimate of drug-likeness (QED) is 0.812. The lowest BCUT2D eigenvalue weighted by Gasteiger charge is -2.29. The number of carboxylic acid groups (broad SMARTS) is 1. The molecule has 2 aromatic carbocycles. The number of carbonyl (C=O) groups is 1. The summed E-state index contributed by atoms with van der Waals surface area (Å²) in [4.78, 5) is 11.2. The Morgan fingerprint density at radius 2 is 1.33 bits per heavy atom. The molecular weight excluding hydrogens is 296 g/mol. The molecular formula is C22H28O2. The van der Waals surface area contributed by atoms with E-state index in [2.05, 4.69) is 46.8 Å². The van der Waals surface area contributed by atoms with Gasteiger partial charge in [-0.2, -0.15) is 0 Å². The fraction of sp³-hybridized carbons (Fsp3) is 0.409. The van der Waals surface area contributed by atoms with Gasteiger partial charge in [-0.25, -0.2) is 4.79 Å². The van der Waals surface area contributed by atoms with Gasteiger partial charge in [0.1, 0.15) is 0 Å². The molecule has 2 aromatic rings. The first-order valence-corrected chi connectivity index (χ1v) is 8.44. The fourth-order valence-corrected chi connectivity index (χ4v) is 3.37. The number of aromatic carboxylic acids is 1. The van der Waals surface area contributed by atoms with Crippen LogP contribution in [0.15, 0.2) is 24.3 Å². The van der Waals surface area contributed by atoms with Gasteiger partial charge in [0.05, 0.1) is 5.56 Å². The smallest absolute Gasteiger partial charge is 0.335 e. The second-order valence-corrected chi connectivity index (χ2v) is 7.69. The maximum Gasteiger partial charge on any atom is 0.335 e. The molecule has 0 atom stereocenters. The number of hydrogen-bond donors (Lipinski definition) is 1. The Hall–Kier alpha value is -2.09. The Morgan fingerprint density at radius 1 is 0.875 bits per heavy atom. The lowest BCUT2D eigenvalue weighted by Crippen LogP contribution is -2.22. The summed E-state index contributed by atoms with van der Waals surface area (Å²) in [5.74, 6) is -0.864. The highest BCUT2D eigenvalue weighted by Crippen LogP contribution is 2.33. The molecule has 0 radical (unpaired) electrons.